The van der Waals surface area contributed by atoms with Gasteiger partial charge in [-0.2, -0.15) is 0 Å². The summed E-state index contributed by atoms with van der Waals surface area (Å²) in [4.78, 5) is 36.5. The van der Waals surface area contributed by atoms with Crippen LogP contribution < -0.4 is 15.4 Å². The summed E-state index contributed by atoms with van der Waals surface area (Å²) >= 11 is 0. The van der Waals surface area contributed by atoms with E-state index >= 15 is 0 Å². The monoisotopic (exact) mass is 398 g/mol. The van der Waals surface area contributed by atoms with Crippen molar-refractivity contribution in [1.82, 2.24) is 5.32 Å². The molecule has 7 nitrogen and oxygen atoms in total. The first-order valence-corrected chi connectivity index (χ1v) is 9.31. The second kappa shape index (κ2) is 9.73. The third-order valence-electron chi connectivity index (χ3n) is 4.61. The average molecular weight is 398 g/mol. The number of amides is 2. The van der Waals surface area contributed by atoms with Gasteiger partial charge < -0.3 is 20.5 Å². The molecule has 0 fully saturated rings. The van der Waals surface area contributed by atoms with E-state index in [9.17, 15) is 14.4 Å². The molecule has 2 aromatic rings. The fourth-order valence-electron chi connectivity index (χ4n) is 2.75. The normalized spacial score (nSPS) is 12.7. The van der Waals surface area contributed by atoms with Gasteiger partial charge in [-0.3, -0.25) is 14.4 Å². The number of hydrogen-bond donors (Lipinski definition) is 3. The van der Waals surface area contributed by atoms with Gasteiger partial charge in [-0.1, -0.05) is 26.0 Å². The van der Waals surface area contributed by atoms with Gasteiger partial charge in [0.25, 0.3) is 5.91 Å². The van der Waals surface area contributed by atoms with E-state index in [-0.39, 0.29) is 17.7 Å². The van der Waals surface area contributed by atoms with Gasteiger partial charge in [-0.05, 0) is 54.8 Å². The quantitative estimate of drug-likeness (QED) is 0.633. The average Bonchev–Trinajstić information content (AvgIpc) is 2.71. The van der Waals surface area contributed by atoms with Crippen molar-refractivity contribution in [3.63, 3.8) is 0 Å². The number of methoxy groups -OCH3 is 1. The van der Waals surface area contributed by atoms with Crippen LogP contribution in [0.2, 0.25) is 0 Å². The summed E-state index contributed by atoms with van der Waals surface area (Å²) in [5.41, 5.74) is 1.48. The zero-order valence-corrected chi connectivity index (χ0v) is 16.9. The van der Waals surface area contributed by atoms with Gasteiger partial charge in [0.2, 0.25) is 5.91 Å². The molecule has 0 saturated carbocycles. The molecule has 0 aliphatic carbocycles. The highest BCUT2D eigenvalue weighted by molar-refractivity contribution is 6.01. The Morgan fingerprint density at radius 3 is 2.21 bits per heavy atom. The van der Waals surface area contributed by atoms with Crippen molar-refractivity contribution in [2.75, 3.05) is 12.4 Å². The molecule has 0 saturated heterocycles. The van der Waals surface area contributed by atoms with Gasteiger partial charge in [0.05, 0.1) is 13.0 Å². The fourth-order valence-corrected chi connectivity index (χ4v) is 2.75. The predicted molar refractivity (Wildman–Crippen MR) is 110 cm³/mol. The van der Waals surface area contributed by atoms with Crippen LogP contribution in [-0.4, -0.2) is 36.0 Å². The number of rotatable bonds is 8. The standard InChI is InChI=1S/C22H26N2O5/c1-13(2)19(24-20(25)15-8-10-18(29-4)11-9-15)21(26)23-17-7-5-6-16(12-17)14(3)22(27)28/h5-14,19H,1-4H3,(H,23,26)(H,24,25)(H,27,28). The first kappa shape index (κ1) is 21.9. The Hall–Kier alpha value is -3.35. The van der Waals surface area contributed by atoms with Gasteiger partial charge in [0.1, 0.15) is 11.8 Å². The van der Waals surface area contributed by atoms with Crippen molar-refractivity contribution in [3.05, 3.63) is 59.7 Å². The number of aliphatic carboxylic acids is 1. The minimum atomic E-state index is -0.944. The number of benzene rings is 2. The number of hydrogen-bond acceptors (Lipinski definition) is 4. The van der Waals surface area contributed by atoms with E-state index in [4.69, 9.17) is 9.84 Å². The van der Waals surface area contributed by atoms with Crippen LogP contribution in [0, 0.1) is 5.92 Å². The van der Waals surface area contributed by atoms with E-state index in [0.29, 0.717) is 22.6 Å². The summed E-state index contributed by atoms with van der Waals surface area (Å²) in [6, 6.07) is 12.5. The highest BCUT2D eigenvalue weighted by Gasteiger charge is 2.25. The van der Waals surface area contributed by atoms with Gasteiger partial charge in [0, 0.05) is 11.3 Å². The summed E-state index contributed by atoms with van der Waals surface area (Å²) in [5, 5.41) is 14.7. The molecule has 2 aromatic carbocycles. The second-order valence-electron chi connectivity index (χ2n) is 7.10. The van der Waals surface area contributed by atoms with E-state index in [1.165, 1.54) is 0 Å². The molecule has 2 atom stereocenters. The summed E-state index contributed by atoms with van der Waals surface area (Å²) in [6.45, 7) is 5.25. The molecule has 154 valence electrons. The molecule has 0 aromatic heterocycles. The Labute approximate surface area is 170 Å². The zero-order valence-electron chi connectivity index (χ0n) is 16.9. The maximum atomic E-state index is 12.8. The van der Waals surface area contributed by atoms with Crippen LogP contribution in [-0.2, 0) is 9.59 Å². The maximum Gasteiger partial charge on any atom is 0.310 e. The molecule has 2 rings (SSSR count). The van der Waals surface area contributed by atoms with Crippen molar-refractivity contribution < 1.29 is 24.2 Å². The number of carbonyl (C=O) groups excluding carboxylic acids is 2. The highest BCUT2D eigenvalue weighted by atomic mass is 16.5. The lowest BCUT2D eigenvalue weighted by molar-refractivity contribution is -0.138. The van der Waals surface area contributed by atoms with Crippen LogP contribution in [0.3, 0.4) is 0 Å². The summed E-state index contributed by atoms with van der Waals surface area (Å²) in [5.74, 6) is -1.90. The molecule has 0 heterocycles. The van der Waals surface area contributed by atoms with Gasteiger partial charge in [-0.25, -0.2) is 0 Å². The Bertz CT molecular complexity index is 877. The highest BCUT2D eigenvalue weighted by Crippen LogP contribution is 2.20. The van der Waals surface area contributed by atoms with Crippen LogP contribution in [0.15, 0.2) is 48.5 Å². The maximum absolute atomic E-state index is 12.8. The lowest BCUT2D eigenvalue weighted by Crippen LogP contribution is -2.47. The summed E-state index contributed by atoms with van der Waals surface area (Å²) in [7, 11) is 1.54. The Morgan fingerprint density at radius 1 is 1.00 bits per heavy atom. The SMILES string of the molecule is COc1ccc(C(=O)NC(C(=O)Nc2cccc(C(C)C(=O)O)c2)C(C)C)cc1. The van der Waals surface area contributed by atoms with E-state index in [0.717, 1.165) is 0 Å². The number of carbonyl (C=O) groups is 3. The molecule has 7 heteroatoms. The van der Waals surface area contributed by atoms with E-state index in [2.05, 4.69) is 10.6 Å². The molecule has 0 aliphatic rings. The third kappa shape index (κ3) is 5.81. The number of nitrogens with one attached hydrogen (secondary N) is 2. The molecule has 0 radical (unpaired) electrons. The van der Waals surface area contributed by atoms with Gasteiger partial charge >= 0.3 is 5.97 Å². The van der Waals surface area contributed by atoms with Crippen molar-refractivity contribution in [1.29, 1.82) is 0 Å². The first-order chi connectivity index (χ1) is 13.7. The second-order valence-corrected chi connectivity index (χ2v) is 7.10. The van der Waals surface area contributed by atoms with Crippen LogP contribution in [0.25, 0.3) is 0 Å². The third-order valence-corrected chi connectivity index (χ3v) is 4.61. The molecular weight excluding hydrogens is 372 g/mol. The number of ether oxygens (including phenoxy) is 1. The largest absolute Gasteiger partial charge is 0.497 e. The molecule has 2 unspecified atom stereocenters. The molecular formula is C22H26N2O5. The van der Waals surface area contributed by atoms with Gasteiger partial charge in [0.15, 0.2) is 0 Å². The minimum Gasteiger partial charge on any atom is -0.497 e. The van der Waals surface area contributed by atoms with E-state index in [1.807, 2.05) is 13.8 Å². The zero-order chi connectivity index (χ0) is 21.6. The molecule has 3 N–H and O–H groups in total. The lowest BCUT2D eigenvalue weighted by atomic mass is 10.00. The van der Waals surface area contributed by atoms with Crippen LogP contribution >= 0.6 is 0 Å². The Morgan fingerprint density at radius 2 is 1.66 bits per heavy atom. The van der Waals surface area contributed by atoms with Crippen LogP contribution in [0.1, 0.15) is 42.6 Å². The lowest BCUT2D eigenvalue weighted by Gasteiger charge is -2.22. The number of anilines is 1. The minimum absolute atomic E-state index is 0.154. The van der Waals surface area contributed by atoms with Crippen molar-refractivity contribution in [3.8, 4) is 5.75 Å². The Kier molecular flexibility index (Phi) is 7.36. The molecule has 2 amide bonds. The van der Waals surface area contributed by atoms with E-state index < -0.39 is 17.9 Å². The molecule has 0 bridgehead atoms. The van der Waals surface area contributed by atoms with Crippen molar-refractivity contribution in [2.24, 2.45) is 5.92 Å². The predicted octanol–water partition coefficient (Wildman–Crippen LogP) is 3.28. The van der Waals surface area contributed by atoms with Gasteiger partial charge in [-0.15, -0.1) is 0 Å². The first-order valence-electron chi connectivity index (χ1n) is 9.31. The van der Waals surface area contributed by atoms with Crippen molar-refractivity contribution >= 4 is 23.5 Å². The van der Waals surface area contributed by atoms with E-state index in [1.54, 1.807) is 62.6 Å². The number of carboxylic acids is 1. The fraction of sp³-hybridized carbons (Fsp3) is 0.318. The summed E-state index contributed by atoms with van der Waals surface area (Å²) < 4.78 is 5.08. The van der Waals surface area contributed by atoms with Crippen LogP contribution in [0.5, 0.6) is 5.75 Å². The Balaban J connectivity index is 2.12. The van der Waals surface area contributed by atoms with Crippen molar-refractivity contribution in [2.45, 2.75) is 32.7 Å². The topological polar surface area (TPSA) is 105 Å². The molecule has 0 spiro atoms. The molecule has 0 aliphatic heterocycles. The summed E-state index contributed by atoms with van der Waals surface area (Å²) in [6.07, 6.45) is 0. The van der Waals surface area contributed by atoms with Crippen LogP contribution in [0.4, 0.5) is 5.69 Å². The smallest absolute Gasteiger partial charge is 0.310 e. The number of carboxylic acid groups (broad SMARTS) is 1. The molecule has 29 heavy (non-hydrogen) atoms.